The third-order valence-corrected chi connectivity index (χ3v) is 3.00. The highest BCUT2D eigenvalue weighted by Crippen LogP contribution is 2.30. The summed E-state index contributed by atoms with van der Waals surface area (Å²) in [5, 5.41) is 10.2. The summed E-state index contributed by atoms with van der Waals surface area (Å²) in [6, 6.07) is 10.0. The molecule has 1 aromatic heterocycles. The Morgan fingerprint density at radius 1 is 1.26 bits per heavy atom. The molecule has 3 rings (SSSR count). The van der Waals surface area contributed by atoms with Gasteiger partial charge in [0, 0.05) is 10.6 Å². The third kappa shape index (κ3) is 1.96. The van der Waals surface area contributed by atoms with E-state index in [4.69, 9.17) is 16.0 Å². The SMILES string of the molecule is O=Cc1c(O)ccc2oc(-c3cccc(Cl)c3)nc12. The molecule has 0 bridgehead atoms. The van der Waals surface area contributed by atoms with Gasteiger partial charge in [-0.05, 0) is 30.3 Å². The number of aromatic nitrogens is 1. The quantitative estimate of drug-likeness (QED) is 0.724. The Hall–Kier alpha value is -2.33. The molecule has 94 valence electrons. The van der Waals surface area contributed by atoms with E-state index >= 15 is 0 Å². The molecule has 0 aliphatic heterocycles. The maximum atomic E-state index is 11.0. The average Bonchev–Trinajstić information content (AvgIpc) is 2.83. The van der Waals surface area contributed by atoms with Crippen LogP contribution in [0.1, 0.15) is 10.4 Å². The predicted molar refractivity (Wildman–Crippen MR) is 71.5 cm³/mol. The number of carbonyl (C=O) groups is 1. The van der Waals surface area contributed by atoms with Crippen LogP contribution in [-0.2, 0) is 0 Å². The van der Waals surface area contributed by atoms with Crippen molar-refractivity contribution in [3.05, 3.63) is 47.0 Å². The molecule has 5 heteroatoms. The van der Waals surface area contributed by atoms with Crippen molar-refractivity contribution >= 4 is 29.0 Å². The topological polar surface area (TPSA) is 63.3 Å². The molecule has 4 nitrogen and oxygen atoms in total. The number of nitrogens with zero attached hydrogens (tertiary/aromatic N) is 1. The minimum absolute atomic E-state index is 0.117. The number of benzene rings is 2. The van der Waals surface area contributed by atoms with Gasteiger partial charge in [0.2, 0.25) is 5.89 Å². The first kappa shape index (κ1) is 11.7. The second kappa shape index (κ2) is 4.40. The van der Waals surface area contributed by atoms with Crippen LogP contribution in [0.2, 0.25) is 5.02 Å². The van der Waals surface area contributed by atoms with Crippen LogP contribution in [-0.4, -0.2) is 16.4 Å². The summed E-state index contributed by atoms with van der Waals surface area (Å²) in [6.07, 6.45) is 0.557. The zero-order valence-electron chi connectivity index (χ0n) is 9.63. The Morgan fingerprint density at radius 2 is 2.11 bits per heavy atom. The van der Waals surface area contributed by atoms with E-state index in [0.717, 1.165) is 0 Å². The molecule has 0 saturated carbocycles. The normalized spacial score (nSPS) is 10.8. The van der Waals surface area contributed by atoms with Crippen molar-refractivity contribution in [1.29, 1.82) is 0 Å². The molecule has 1 N–H and O–H groups in total. The number of hydrogen-bond donors (Lipinski definition) is 1. The minimum Gasteiger partial charge on any atom is -0.507 e. The number of phenolic OH excluding ortho intramolecular Hbond substituents is 1. The van der Waals surface area contributed by atoms with Crippen LogP contribution in [0, 0.1) is 0 Å². The number of halogens is 1. The van der Waals surface area contributed by atoms with Gasteiger partial charge in [-0.1, -0.05) is 17.7 Å². The highest BCUT2D eigenvalue weighted by Gasteiger charge is 2.14. The van der Waals surface area contributed by atoms with Crippen LogP contribution >= 0.6 is 11.6 Å². The number of carbonyl (C=O) groups excluding carboxylic acids is 1. The lowest BCUT2D eigenvalue weighted by atomic mass is 10.2. The molecule has 2 aromatic carbocycles. The number of aromatic hydroxyl groups is 1. The van der Waals surface area contributed by atoms with Crippen LogP contribution in [0.25, 0.3) is 22.6 Å². The second-order valence-corrected chi connectivity index (χ2v) is 4.43. The highest BCUT2D eigenvalue weighted by atomic mass is 35.5. The van der Waals surface area contributed by atoms with E-state index in [0.29, 0.717) is 33.9 Å². The minimum atomic E-state index is -0.117. The van der Waals surface area contributed by atoms with Gasteiger partial charge in [0.05, 0.1) is 5.56 Å². The smallest absolute Gasteiger partial charge is 0.227 e. The molecule has 0 saturated heterocycles. The first-order valence-corrected chi connectivity index (χ1v) is 5.90. The van der Waals surface area contributed by atoms with E-state index in [1.165, 1.54) is 6.07 Å². The molecule has 0 aliphatic carbocycles. The maximum Gasteiger partial charge on any atom is 0.227 e. The molecular weight excluding hydrogens is 266 g/mol. The van der Waals surface area contributed by atoms with Gasteiger partial charge >= 0.3 is 0 Å². The summed E-state index contributed by atoms with van der Waals surface area (Å²) in [6.45, 7) is 0. The van der Waals surface area contributed by atoms with E-state index in [-0.39, 0.29) is 11.3 Å². The van der Waals surface area contributed by atoms with Crippen LogP contribution in [0.4, 0.5) is 0 Å². The monoisotopic (exact) mass is 273 g/mol. The number of oxazole rings is 1. The highest BCUT2D eigenvalue weighted by molar-refractivity contribution is 6.30. The van der Waals surface area contributed by atoms with Gasteiger partial charge in [-0.3, -0.25) is 4.79 Å². The van der Waals surface area contributed by atoms with Gasteiger partial charge in [0.15, 0.2) is 11.9 Å². The number of rotatable bonds is 2. The lowest BCUT2D eigenvalue weighted by Crippen LogP contribution is -1.84. The van der Waals surface area contributed by atoms with Gasteiger partial charge in [0.25, 0.3) is 0 Å². The Morgan fingerprint density at radius 3 is 2.84 bits per heavy atom. The van der Waals surface area contributed by atoms with E-state index < -0.39 is 0 Å². The van der Waals surface area contributed by atoms with Gasteiger partial charge in [0.1, 0.15) is 11.3 Å². The maximum absolute atomic E-state index is 11.0. The van der Waals surface area contributed by atoms with Gasteiger partial charge < -0.3 is 9.52 Å². The molecule has 0 fully saturated rings. The fourth-order valence-electron chi connectivity index (χ4n) is 1.86. The van der Waals surface area contributed by atoms with E-state index in [2.05, 4.69) is 4.98 Å². The zero-order chi connectivity index (χ0) is 13.4. The van der Waals surface area contributed by atoms with Gasteiger partial charge in [-0.2, -0.15) is 0 Å². The Labute approximate surface area is 113 Å². The van der Waals surface area contributed by atoms with E-state index in [9.17, 15) is 9.90 Å². The van der Waals surface area contributed by atoms with Crippen molar-refractivity contribution < 1.29 is 14.3 Å². The van der Waals surface area contributed by atoms with Gasteiger partial charge in [-0.15, -0.1) is 0 Å². The summed E-state index contributed by atoms with van der Waals surface area (Å²) < 4.78 is 5.57. The molecule has 1 heterocycles. The standard InChI is InChI=1S/C14H8ClNO3/c15-9-3-1-2-8(6-9)14-16-13-10(7-17)11(18)4-5-12(13)19-14/h1-7,18H. The summed E-state index contributed by atoms with van der Waals surface area (Å²) in [5.41, 5.74) is 1.61. The Kier molecular flexibility index (Phi) is 2.72. The molecule has 3 aromatic rings. The number of hydrogen-bond acceptors (Lipinski definition) is 4. The van der Waals surface area contributed by atoms with Crippen molar-refractivity contribution in [2.24, 2.45) is 0 Å². The third-order valence-electron chi connectivity index (χ3n) is 2.77. The second-order valence-electron chi connectivity index (χ2n) is 3.99. The molecule has 0 aliphatic rings. The average molecular weight is 274 g/mol. The van der Waals surface area contributed by atoms with Crippen molar-refractivity contribution in [1.82, 2.24) is 4.98 Å². The molecule has 0 spiro atoms. The van der Waals surface area contributed by atoms with Gasteiger partial charge in [-0.25, -0.2) is 4.98 Å². The van der Waals surface area contributed by atoms with E-state index in [1.54, 1.807) is 30.3 Å². The zero-order valence-corrected chi connectivity index (χ0v) is 10.4. The fraction of sp³-hybridized carbons (Fsp3) is 0. The van der Waals surface area contributed by atoms with Crippen molar-refractivity contribution in [3.8, 4) is 17.2 Å². The van der Waals surface area contributed by atoms with E-state index in [1.807, 2.05) is 0 Å². The Bertz CT molecular complexity index is 779. The summed E-state index contributed by atoms with van der Waals surface area (Å²) in [5.74, 6) is 0.236. The molecule has 0 amide bonds. The van der Waals surface area contributed by atoms with Crippen LogP contribution in [0.15, 0.2) is 40.8 Å². The molecular formula is C14H8ClNO3. The molecule has 0 atom stereocenters. The largest absolute Gasteiger partial charge is 0.507 e. The Balaban J connectivity index is 2.25. The van der Waals surface area contributed by atoms with Crippen LogP contribution in [0.3, 0.4) is 0 Å². The number of fused-ring (bicyclic) bond motifs is 1. The first-order chi connectivity index (χ1) is 9.19. The predicted octanol–water partition coefficient (Wildman–Crippen LogP) is 3.67. The number of aldehydes is 1. The molecule has 0 radical (unpaired) electrons. The van der Waals surface area contributed by atoms with Crippen molar-refractivity contribution in [2.75, 3.05) is 0 Å². The van der Waals surface area contributed by atoms with Crippen molar-refractivity contribution in [3.63, 3.8) is 0 Å². The number of phenols is 1. The fourth-order valence-corrected chi connectivity index (χ4v) is 2.06. The molecule has 0 unspecified atom stereocenters. The summed E-state index contributed by atoms with van der Waals surface area (Å²) in [7, 11) is 0. The summed E-state index contributed by atoms with van der Waals surface area (Å²) in [4.78, 5) is 15.2. The lowest BCUT2D eigenvalue weighted by Gasteiger charge is -1.94. The first-order valence-electron chi connectivity index (χ1n) is 5.52. The van der Waals surface area contributed by atoms with Crippen LogP contribution in [0.5, 0.6) is 5.75 Å². The molecule has 19 heavy (non-hydrogen) atoms. The lowest BCUT2D eigenvalue weighted by molar-refractivity contribution is 0.112. The van der Waals surface area contributed by atoms with Crippen molar-refractivity contribution in [2.45, 2.75) is 0 Å². The summed E-state index contributed by atoms with van der Waals surface area (Å²) >= 11 is 5.91. The van der Waals surface area contributed by atoms with Crippen LogP contribution < -0.4 is 0 Å².